The van der Waals surface area contributed by atoms with Gasteiger partial charge in [-0.2, -0.15) is 10.2 Å². The minimum absolute atomic E-state index is 0. The number of methoxy groups -OCH3 is 2. The molecule has 0 aromatic heterocycles. The van der Waals surface area contributed by atoms with Crippen LogP contribution in [0.25, 0.3) is 12.2 Å². The van der Waals surface area contributed by atoms with Gasteiger partial charge in [-0.05, 0) is 83.9 Å². The van der Waals surface area contributed by atoms with E-state index < -0.39 is 59.1 Å². The topological polar surface area (TPSA) is 257 Å². The van der Waals surface area contributed by atoms with E-state index in [9.17, 15) is 40.3 Å². The van der Waals surface area contributed by atoms with Crippen molar-refractivity contribution in [2.75, 3.05) is 35.7 Å². The standard InChI is InChI=1S/C35H28N6O11S2.2Na/c1-51-27-9-5-3-7-25(27)38-40-31-29(53(45,46)47)17-19-15-21(11-13-23(19)33(31)42)36-35(44)37-22-12-14-24-20(16-22)18-30(54(48,49)50)32(34(24)43)41-39-26-8-4-6-10-28(26)52-2;;/h3-18,38-39H,1-2H3,(H2,36,37,44)(H,45,46,47)(H,48,49,50);;/q;2*+1/p-2/b40-31-,41-32-;;. The maximum Gasteiger partial charge on any atom is 1.00 e. The summed E-state index contributed by atoms with van der Waals surface area (Å²) in [5.74, 6) is -1.07. The number of fused-ring (bicyclic) bond motifs is 2. The number of hydrogen-bond acceptors (Lipinski definition) is 15. The predicted molar refractivity (Wildman–Crippen MR) is 198 cm³/mol. The van der Waals surface area contributed by atoms with Crippen LogP contribution < -0.4 is 90.1 Å². The summed E-state index contributed by atoms with van der Waals surface area (Å²) in [4.78, 5) is 37.9. The van der Waals surface area contributed by atoms with Gasteiger partial charge >= 0.3 is 65.1 Å². The second-order valence-corrected chi connectivity index (χ2v) is 14.0. The van der Waals surface area contributed by atoms with Gasteiger partial charge in [-0.3, -0.25) is 20.4 Å². The molecule has 21 heteroatoms. The molecule has 0 unspecified atom stereocenters. The molecule has 2 aliphatic rings. The van der Waals surface area contributed by atoms with Crippen LogP contribution in [0, 0.1) is 0 Å². The Labute approximate surface area is 364 Å². The van der Waals surface area contributed by atoms with E-state index in [0.29, 0.717) is 22.9 Å². The van der Waals surface area contributed by atoms with Crippen molar-refractivity contribution in [1.82, 2.24) is 0 Å². The molecule has 0 bridgehead atoms. The molecule has 4 aromatic rings. The van der Waals surface area contributed by atoms with E-state index in [1.807, 2.05) is 0 Å². The zero-order valence-corrected chi connectivity index (χ0v) is 35.6. The number of amides is 2. The normalized spacial score (nSPS) is 14.9. The third-order valence-corrected chi connectivity index (χ3v) is 9.61. The number of ether oxygens (including phenoxy) is 2. The van der Waals surface area contributed by atoms with Gasteiger partial charge in [0.1, 0.15) is 43.2 Å². The molecule has 0 spiro atoms. The van der Waals surface area contributed by atoms with Crippen molar-refractivity contribution in [2.24, 2.45) is 10.2 Å². The van der Waals surface area contributed by atoms with Crippen LogP contribution in [0.15, 0.2) is 105 Å². The molecule has 4 N–H and O–H groups in total. The third kappa shape index (κ3) is 9.64. The van der Waals surface area contributed by atoms with Crippen LogP contribution in [0.3, 0.4) is 0 Å². The monoisotopic (exact) mass is 816 g/mol. The maximum absolute atomic E-state index is 13.4. The zero-order valence-electron chi connectivity index (χ0n) is 29.9. The van der Waals surface area contributed by atoms with Crippen molar-refractivity contribution in [3.63, 3.8) is 0 Å². The maximum atomic E-state index is 13.4. The number of ketones is 2. The summed E-state index contributed by atoms with van der Waals surface area (Å²) < 4.78 is 83.6. The SMILES string of the molecule is COc1ccccc1N/N=C1\C(=O)c2ccc(NC(=O)Nc3ccc4c(c3)C=C(S(=O)(=O)[O-])/C(=N/Nc3ccccc3OC)C4=O)cc2C=C1S(=O)(=O)[O-].[Na+].[Na+]. The Kier molecular flexibility index (Phi) is 14.2. The fourth-order valence-electron chi connectivity index (χ4n) is 5.42. The van der Waals surface area contributed by atoms with Crippen LogP contribution in [-0.2, 0) is 20.2 Å². The fourth-order valence-corrected chi connectivity index (χ4v) is 6.72. The van der Waals surface area contributed by atoms with Gasteiger partial charge in [0.25, 0.3) is 0 Å². The average Bonchev–Trinajstić information content (AvgIpc) is 3.13. The van der Waals surface area contributed by atoms with Crippen LogP contribution in [0.5, 0.6) is 11.5 Å². The molecule has 0 fully saturated rings. The van der Waals surface area contributed by atoms with Crippen molar-refractivity contribution in [3.8, 4) is 11.5 Å². The molecule has 2 amide bonds. The Morgan fingerprint density at radius 1 is 0.607 bits per heavy atom. The number of rotatable bonds is 10. The fraction of sp³-hybridized carbons (Fsp3) is 0.0571. The summed E-state index contributed by atoms with van der Waals surface area (Å²) in [6.07, 6.45) is 1.92. The number of benzene rings is 4. The molecule has 4 aromatic carbocycles. The number of hydrogen-bond donors (Lipinski definition) is 4. The first-order valence-corrected chi connectivity index (χ1v) is 18.2. The predicted octanol–water partition coefficient (Wildman–Crippen LogP) is -1.54. The Hall–Kier alpha value is -4.67. The molecule has 0 aliphatic heterocycles. The first-order chi connectivity index (χ1) is 25.7. The molecule has 17 nitrogen and oxygen atoms in total. The Bertz CT molecular complexity index is 2430. The van der Waals surface area contributed by atoms with E-state index in [-0.39, 0.29) is 92.7 Å². The second kappa shape index (κ2) is 18.1. The summed E-state index contributed by atoms with van der Waals surface area (Å²) in [5, 5.41) is 12.8. The molecule has 276 valence electrons. The van der Waals surface area contributed by atoms with Gasteiger partial charge in [-0.25, -0.2) is 21.6 Å². The van der Waals surface area contributed by atoms with Gasteiger partial charge in [-0.15, -0.1) is 0 Å². The number of nitrogens with one attached hydrogen (secondary N) is 4. The van der Waals surface area contributed by atoms with Gasteiger partial charge < -0.3 is 29.2 Å². The number of para-hydroxylation sites is 4. The van der Waals surface area contributed by atoms with Gasteiger partial charge in [0.05, 0.1) is 35.4 Å². The first kappa shape index (κ1) is 44.0. The molecule has 0 saturated heterocycles. The van der Waals surface area contributed by atoms with E-state index in [0.717, 1.165) is 12.2 Å². The number of carbonyl (C=O) groups is 3. The van der Waals surface area contributed by atoms with E-state index >= 15 is 0 Å². The molecule has 0 saturated carbocycles. The number of carbonyl (C=O) groups excluding carboxylic acids is 3. The van der Waals surface area contributed by atoms with Gasteiger partial charge in [-0.1, -0.05) is 24.3 Å². The van der Waals surface area contributed by atoms with Crippen molar-refractivity contribution in [3.05, 3.63) is 117 Å². The summed E-state index contributed by atoms with van der Waals surface area (Å²) in [6, 6.07) is 20.0. The van der Waals surface area contributed by atoms with Gasteiger partial charge in [0.15, 0.2) is 0 Å². The van der Waals surface area contributed by atoms with Crippen LogP contribution in [0.4, 0.5) is 27.5 Å². The van der Waals surface area contributed by atoms with Crippen molar-refractivity contribution >= 4 is 84.2 Å². The number of anilines is 4. The third-order valence-electron chi connectivity index (χ3n) is 7.91. The van der Waals surface area contributed by atoms with Crippen LogP contribution in [-0.4, -0.2) is 69.2 Å². The molecule has 6 rings (SSSR count). The first-order valence-electron chi connectivity index (χ1n) is 15.4. The summed E-state index contributed by atoms with van der Waals surface area (Å²) in [6.45, 7) is 0. The molecular weight excluding hydrogens is 791 g/mol. The van der Waals surface area contributed by atoms with E-state index in [1.54, 1.807) is 48.5 Å². The number of nitrogens with zero attached hydrogens (tertiary/aromatic N) is 2. The number of urea groups is 1. The van der Waals surface area contributed by atoms with Crippen molar-refractivity contribution in [1.29, 1.82) is 0 Å². The Morgan fingerprint density at radius 3 is 1.34 bits per heavy atom. The number of hydrazone groups is 2. The quantitative estimate of drug-likeness (QED) is 0.0805. The molecule has 0 radical (unpaired) electrons. The summed E-state index contributed by atoms with van der Waals surface area (Å²) >= 11 is 0. The van der Waals surface area contributed by atoms with Gasteiger partial charge in [0, 0.05) is 22.5 Å². The molecule has 0 atom stereocenters. The Balaban J connectivity index is 0.00000348. The minimum atomic E-state index is -5.21. The molecule has 56 heavy (non-hydrogen) atoms. The van der Waals surface area contributed by atoms with Crippen LogP contribution >= 0.6 is 0 Å². The van der Waals surface area contributed by atoms with Crippen LogP contribution in [0.2, 0.25) is 0 Å². The van der Waals surface area contributed by atoms with E-state index in [2.05, 4.69) is 31.7 Å². The largest absolute Gasteiger partial charge is 1.00 e. The molecule has 0 heterocycles. The van der Waals surface area contributed by atoms with Gasteiger partial charge in [0.2, 0.25) is 11.6 Å². The van der Waals surface area contributed by atoms with E-state index in [4.69, 9.17) is 9.47 Å². The van der Waals surface area contributed by atoms with E-state index in [1.165, 1.54) is 50.6 Å². The van der Waals surface area contributed by atoms with Crippen molar-refractivity contribution in [2.45, 2.75) is 0 Å². The number of allylic oxidation sites excluding steroid dienone is 2. The van der Waals surface area contributed by atoms with Crippen molar-refractivity contribution < 1.29 is 109 Å². The molecule has 2 aliphatic carbocycles. The number of Topliss-reactive ketones (excluding diaryl/α,β-unsaturated/α-hetero) is 2. The minimum Gasteiger partial charge on any atom is -0.744 e. The molecular formula is C35H26N6Na2O11S2. The summed E-state index contributed by atoms with van der Waals surface area (Å²) in [7, 11) is -7.62. The van der Waals surface area contributed by atoms with Crippen LogP contribution in [0.1, 0.15) is 31.8 Å². The summed E-state index contributed by atoms with van der Waals surface area (Å²) in [5.41, 5.74) is 4.57. The Morgan fingerprint density at radius 2 is 0.982 bits per heavy atom. The second-order valence-electron chi connectivity index (χ2n) is 11.3. The smallest absolute Gasteiger partial charge is 0.744 e. The average molecular weight is 817 g/mol. The zero-order chi connectivity index (χ0) is 38.8.